The molecule has 0 saturated heterocycles. The molecule has 1 N–H and O–H groups in total. The van der Waals surface area contributed by atoms with Gasteiger partial charge in [-0.05, 0) is 23.7 Å². The molecule has 0 radical (unpaired) electrons. The molecule has 194 valence electrons. The van der Waals surface area contributed by atoms with Crippen LogP contribution in [-0.4, -0.2) is 48.4 Å². The third kappa shape index (κ3) is 5.23. The number of benzene rings is 1. The largest absolute Gasteiger partial charge is 0.416 e. The van der Waals surface area contributed by atoms with Gasteiger partial charge in [-0.1, -0.05) is 31.8 Å². The molecule has 0 atom stereocenters. The van der Waals surface area contributed by atoms with E-state index in [4.69, 9.17) is 4.74 Å². The van der Waals surface area contributed by atoms with Crippen LogP contribution in [0.15, 0.2) is 53.8 Å². The standard InChI is InChI=1S/C24H26F3N7O2Si/c1-37(2,3)10-9-36-15-34-19-20(31-23(35)33-8-7-28-22(19)33)30-21(34)17-12-29-32(14-17)13-16-5-4-6-18(11-16)24(25,26)27/h4-8,11-12,14H,9-10,13,15H2,1-3H3,(H,31,35). The maximum atomic E-state index is 13.1. The number of aromatic amines is 1. The van der Waals surface area contributed by atoms with Gasteiger partial charge in [-0.2, -0.15) is 18.3 Å². The Labute approximate surface area is 210 Å². The molecule has 4 heterocycles. The Morgan fingerprint density at radius 3 is 2.76 bits per heavy atom. The molecule has 0 aliphatic carbocycles. The van der Waals surface area contributed by atoms with E-state index in [0.717, 1.165) is 18.2 Å². The van der Waals surface area contributed by atoms with E-state index < -0.39 is 19.8 Å². The van der Waals surface area contributed by atoms with Gasteiger partial charge in [-0.25, -0.2) is 19.2 Å². The van der Waals surface area contributed by atoms with Crippen molar-refractivity contribution < 1.29 is 17.9 Å². The van der Waals surface area contributed by atoms with Crippen LogP contribution in [0, 0.1) is 0 Å². The molecule has 1 aromatic carbocycles. The molecular weight excluding hydrogens is 503 g/mol. The average molecular weight is 530 g/mol. The lowest BCUT2D eigenvalue weighted by Gasteiger charge is -2.16. The predicted octanol–water partition coefficient (Wildman–Crippen LogP) is 4.62. The summed E-state index contributed by atoms with van der Waals surface area (Å²) < 4.78 is 50.1. The topological polar surface area (TPSA) is 95.0 Å². The van der Waals surface area contributed by atoms with Crippen LogP contribution in [0.5, 0.6) is 0 Å². The molecule has 0 spiro atoms. The lowest BCUT2D eigenvalue weighted by atomic mass is 10.1. The maximum Gasteiger partial charge on any atom is 0.416 e. The zero-order chi connectivity index (χ0) is 26.4. The van der Waals surface area contributed by atoms with Crippen molar-refractivity contribution in [1.82, 2.24) is 33.7 Å². The Balaban J connectivity index is 1.51. The minimum Gasteiger partial charge on any atom is -0.361 e. The Bertz CT molecular complexity index is 1630. The van der Waals surface area contributed by atoms with Crippen molar-refractivity contribution in [1.29, 1.82) is 0 Å². The number of aromatic nitrogens is 7. The summed E-state index contributed by atoms with van der Waals surface area (Å²) in [5.41, 5.74) is 1.44. The van der Waals surface area contributed by atoms with E-state index in [1.165, 1.54) is 10.5 Å². The highest BCUT2D eigenvalue weighted by Gasteiger charge is 2.30. The number of nitrogens with one attached hydrogen (secondary N) is 1. The first-order chi connectivity index (χ1) is 17.5. The fraction of sp³-hybridized carbons (Fsp3) is 0.333. The quantitative estimate of drug-likeness (QED) is 0.234. The number of fused-ring (bicyclic) bond motifs is 3. The van der Waals surface area contributed by atoms with Crippen LogP contribution in [0.4, 0.5) is 13.2 Å². The van der Waals surface area contributed by atoms with E-state index in [9.17, 15) is 18.0 Å². The van der Waals surface area contributed by atoms with Crippen LogP contribution in [0.25, 0.3) is 28.2 Å². The van der Waals surface area contributed by atoms with Crippen molar-refractivity contribution in [3.05, 3.63) is 70.7 Å². The lowest BCUT2D eigenvalue weighted by Crippen LogP contribution is -2.22. The van der Waals surface area contributed by atoms with Crippen molar-refractivity contribution in [2.75, 3.05) is 6.61 Å². The second kappa shape index (κ2) is 9.30. The number of imidazole rings is 2. The number of ether oxygens (including phenoxy) is 1. The number of halogens is 3. The van der Waals surface area contributed by atoms with Crippen molar-refractivity contribution in [2.24, 2.45) is 0 Å². The summed E-state index contributed by atoms with van der Waals surface area (Å²) in [6.07, 6.45) is 2.00. The second-order valence-corrected chi connectivity index (χ2v) is 15.7. The van der Waals surface area contributed by atoms with Gasteiger partial charge in [0.25, 0.3) is 0 Å². The van der Waals surface area contributed by atoms with Crippen molar-refractivity contribution in [2.45, 2.75) is 45.1 Å². The Kier molecular flexibility index (Phi) is 6.28. The molecule has 4 aromatic heterocycles. The van der Waals surface area contributed by atoms with Crippen LogP contribution in [0.2, 0.25) is 25.7 Å². The lowest BCUT2D eigenvalue weighted by molar-refractivity contribution is -0.137. The van der Waals surface area contributed by atoms with Gasteiger partial charge >= 0.3 is 11.9 Å². The number of H-pyrrole nitrogens is 1. The molecule has 9 nitrogen and oxygen atoms in total. The number of hydrogen-bond donors (Lipinski definition) is 1. The fourth-order valence-corrected chi connectivity index (χ4v) is 4.81. The van der Waals surface area contributed by atoms with Crippen LogP contribution in [0.1, 0.15) is 11.1 Å². The van der Waals surface area contributed by atoms with Gasteiger partial charge in [0.05, 0.1) is 23.9 Å². The minimum atomic E-state index is -4.42. The monoisotopic (exact) mass is 529 g/mol. The molecule has 0 unspecified atom stereocenters. The van der Waals surface area contributed by atoms with E-state index in [1.54, 1.807) is 35.5 Å². The van der Waals surface area contributed by atoms with Crippen LogP contribution in [-0.2, 0) is 24.2 Å². The molecule has 0 aliphatic rings. The van der Waals surface area contributed by atoms with Gasteiger partial charge in [0.2, 0.25) is 0 Å². The summed E-state index contributed by atoms with van der Waals surface area (Å²) in [6, 6.07) is 6.14. The van der Waals surface area contributed by atoms with Gasteiger partial charge in [-0.15, -0.1) is 0 Å². The SMILES string of the molecule is C[Si](C)(C)CCOCn1c(-c2cnn(Cc3cccc(C(F)(F)F)c3)c2)nc2[nH]c(=O)n3ccnc3c21. The van der Waals surface area contributed by atoms with Gasteiger partial charge in [-0.3, -0.25) is 14.2 Å². The average Bonchev–Trinajstić information content (AvgIpc) is 3.54. The third-order valence-corrected chi connectivity index (χ3v) is 7.68. The van der Waals surface area contributed by atoms with E-state index in [2.05, 4.69) is 39.7 Å². The highest BCUT2D eigenvalue weighted by atomic mass is 28.3. The number of rotatable bonds is 8. The summed E-state index contributed by atoms with van der Waals surface area (Å²) in [5, 5.41) is 4.34. The van der Waals surface area contributed by atoms with Crippen LogP contribution >= 0.6 is 0 Å². The zero-order valence-corrected chi connectivity index (χ0v) is 21.6. The Morgan fingerprint density at radius 1 is 1.19 bits per heavy atom. The molecular formula is C24H26F3N7O2Si. The van der Waals surface area contributed by atoms with Gasteiger partial charge < -0.3 is 4.74 Å². The number of alkyl halides is 3. The molecule has 0 aliphatic heterocycles. The van der Waals surface area contributed by atoms with Gasteiger partial charge in [0.1, 0.15) is 18.1 Å². The normalized spacial score (nSPS) is 12.7. The molecule has 5 aromatic rings. The summed E-state index contributed by atoms with van der Waals surface area (Å²) >= 11 is 0. The van der Waals surface area contributed by atoms with Crippen LogP contribution in [0.3, 0.4) is 0 Å². The van der Waals surface area contributed by atoms with E-state index >= 15 is 0 Å². The van der Waals surface area contributed by atoms with Crippen molar-refractivity contribution in [3.8, 4) is 11.4 Å². The summed E-state index contributed by atoms with van der Waals surface area (Å²) in [4.78, 5) is 24.3. The van der Waals surface area contributed by atoms with Crippen LogP contribution < -0.4 is 5.69 Å². The fourth-order valence-electron chi connectivity index (χ4n) is 4.05. The van der Waals surface area contributed by atoms with Gasteiger partial charge in [0, 0.05) is 33.3 Å². The highest BCUT2D eigenvalue weighted by molar-refractivity contribution is 6.76. The molecule has 0 saturated carbocycles. The molecule has 5 rings (SSSR count). The van der Waals surface area contributed by atoms with E-state index in [0.29, 0.717) is 40.4 Å². The zero-order valence-electron chi connectivity index (χ0n) is 20.6. The molecule has 13 heteroatoms. The summed E-state index contributed by atoms with van der Waals surface area (Å²) in [7, 11) is -1.30. The predicted molar refractivity (Wildman–Crippen MR) is 135 cm³/mol. The second-order valence-electron chi connectivity index (χ2n) is 10.1. The van der Waals surface area contributed by atoms with Crippen molar-refractivity contribution in [3.63, 3.8) is 0 Å². The summed E-state index contributed by atoms with van der Waals surface area (Å²) in [5.74, 6) is 0.505. The molecule has 37 heavy (non-hydrogen) atoms. The minimum absolute atomic E-state index is 0.151. The maximum absolute atomic E-state index is 13.1. The molecule has 0 amide bonds. The van der Waals surface area contributed by atoms with Crippen molar-refractivity contribution >= 4 is 24.9 Å². The highest BCUT2D eigenvalue weighted by Crippen LogP contribution is 2.30. The van der Waals surface area contributed by atoms with E-state index in [1.807, 2.05) is 4.57 Å². The molecule has 0 bridgehead atoms. The third-order valence-electron chi connectivity index (χ3n) is 5.97. The number of hydrogen-bond acceptors (Lipinski definition) is 5. The molecule has 0 fully saturated rings. The number of nitrogens with zero attached hydrogens (tertiary/aromatic N) is 6. The first kappa shape index (κ1) is 25.0. The first-order valence-electron chi connectivity index (χ1n) is 11.7. The first-order valence-corrected chi connectivity index (χ1v) is 15.4. The van der Waals surface area contributed by atoms with Gasteiger partial charge in [0.15, 0.2) is 11.3 Å². The van der Waals surface area contributed by atoms with E-state index in [-0.39, 0.29) is 19.0 Å². The summed E-state index contributed by atoms with van der Waals surface area (Å²) in [6.45, 7) is 7.73. The Hall–Kier alpha value is -3.71. The smallest absolute Gasteiger partial charge is 0.361 e. The Morgan fingerprint density at radius 2 is 2.00 bits per heavy atom.